The van der Waals surface area contributed by atoms with Gasteiger partial charge in [-0.15, -0.1) is 0 Å². The fourth-order valence-corrected chi connectivity index (χ4v) is 2.34. The van der Waals surface area contributed by atoms with E-state index in [2.05, 4.69) is 0 Å². The molecule has 98 valence electrons. The fraction of sp³-hybridized carbons (Fsp3) is 0.500. The first kappa shape index (κ1) is 12.7. The van der Waals surface area contributed by atoms with E-state index in [1.54, 1.807) is 6.07 Å². The van der Waals surface area contributed by atoms with Crippen molar-refractivity contribution in [3.8, 4) is 5.75 Å². The molecule has 0 atom stereocenters. The zero-order valence-corrected chi connectivity index (χ0v) is 10.4. The van der Waals surface area contributed by atoms with E-state index in [1.807, 2.05) is 0 Å². The van der Waals surface area contributed by atoms with Crippen LogP contribution in [0.15, 0.2) is 18.2 Å². The summed E-state index contributed by atoms with van der Waals surface area (Å²) in [5, 5.41) is 9.59. The minimum atomic E-state index is -0.495. The summed E-state index contributed by atoms with van der Waals surface area (Å²) < 4.78 is 5.25. The molecule has 0 unspecified atom stereocenters. The summed E-state index contributed by atoms with van der Waals surface area (Å²) in [6.07, 6.45) is 5.95. The van der Waals surface area contributed by atoms with Crippen molar-refractivity contribution in [1.82, 2.24) is 0 Å². The van der Waals surface area contributed by atoms with Crippen molar-refractivity contribution in [1.29, 1.82) is 0 Å². The van der Waals surface area contributed by atoms with Gasteiger partial charge in [0.1, 0.15) is 11.3 Å². The van der Waals surface area contributed by atoms with Crippen molar-refractivity contribution in [2.75, 3.05) is 12.3 Å². The monoisotopic (exact) mass is 249 g/mol. The van der Waals surface area contributed by atoms with Gasteiger partial charge in [-0.05, 0) is 37.0 Å². The van der Waals surface area contributed by atoms with Gasteiger partial charge in [-0.1, -0.05) is 19.3 Å². The average molecular weight is 249 g/mol. The largest absolute Gasteiger partial charge is 0.507 e. The maximum Gasteiger partial charge on any atom is 0.341 e. The van der Waals surface area contributed by atoms with Crippen molar-refractivity contribution in [2.24, 2.45) is 5.92 Å². The lowest BCUT2D eigenvalue weighted by Gasteiger charge is -2.21. The lowest BCUT2D eigenvalue weighted by atomic mass is 9.90. The van der Waals surface area contributed by atoms with E-state index in [1.165, 1.54) is 31.4 Å². The smallest absolute Gasteiger partial charge is 0.341 e. The van der Waals surface area contributed by atoms with Crippen molar-refractivity contribution >= 4 is 11.7 Å². The molecule has 0 saturated heterocycles. The van der Waals surface area contributed by atoms with Gasteiger partial charge >= 0.3 is 5.97 Å². The molecule has 0 heterocycles. The first-order chi connectivity index (χ1) is 8.66. The summed E-state index contributed by atoms with van der Waals surface area (Å²) in [5.41, 5.74) is 6.17. The number of nitrogens with two attached hydrogens (primary N) is 1. The van der Waals surface area contributed by atoms with Crippen molar-refractivity contribution in [3.05, 3.63) is 23.8 Å². The van der Waals surface area contributed by atoms with Crippen molar-refractivity contribution < 1.29 is 14.6 Å². The number of hydrogen-bond acceptors (Lipinski definition) is 4. The van der Waals surface area contributed by atoms with Crippen molar-refractivity contribution in [3.63, 3.8) is 0 Å². The van der Waals surface area contributed by atoms with Gasteiger partial charge in [-0.2, -0.15) is 0 Å². The number of esters is 1. The third kappa shape index (κ3) is 3.15. The normalized spacial score (nSPS) is 16.4. The highest BCUT2D eigenvalue weighted by Crippen LogP contribution is 2.25. The third-order valence-electron chi connectivity index (χ3n) is 3.42. The number of ether oxygens (including phenoxy) is 1. The summed E-state index contributed by atoms with van der Waals surface area (Å²) in [4.78, 5) is 11.8. The van der Waals surface area contributed by atoms with Crippen LogP contribution in [0.1, 0.15) is 42.5 Å². The summed E-state index contributed by atoms with van der Waals surface area (Å²) in [7, 11) is 0. The first-order valence-corrected chi connectivity index (χ1v) is 6.42. The Morgan fingerprint density at radius 2 is 2.06 bits per heavy atom. The molecule has 0 spiro atoms. The first-order valence-electron chi connectivity index (χ1n) is 6.42. The summed E-state index contributed by atoms with van der Waals surface area (Å²) in [6.45, 7) is 0.438. The quantitative estimate of drug-likeness (QED) is 0.491. The molecule has 0 amide bonds. The van der Waals surface area contributed by atoms with E-state index in [0.29, 0.717) is 18.2 Å². The van der Waals surface area contributed by atoms with Gasteiger partial charge in [0.2, 0.25) is 0 Å². The lowest BCUT2D eigenvalue weighted by Crippen LogP contribution is -2.17. The van der Waals surface area contributed by atoms with Gasteiger partial charge < -0.3 is 15.6 Å². The number of carbonyl (C=O) groups excluding carboxylic acids is 1. The number of phenolic OH excluding ortho intramolecular Hbond substituents is 1. The number of benzene rings is 1. The van der Waals surface area contributed by atoms with Gasteiger partial charge in [0.25, 0.3) is 0 Å². The highest BCUT2D eigenvalue weighted by atomic mass is 16.5. The van der Waals surface area contributed by atoms with Gasteiger partial charge in [-0.3, -0.25) is 0 Å². The minimum absolute atomic E-state index is 0.0853. The zero-order chi connectivity index (χ0) is 13.0. The number of anilines is 1. The number of rotatable bonds is 3. The Morgan fingerprint density at radius 1 is 1.33 bits per heavy atom. The van der Waals surface area contributed by atoms with E-state index in [0.717, 1.165) is 12.8 Å². The van der Waals surface area contributed by atoms with E-state index in [4.69, 9.17) is 10.5 Å². The second kappa shape index (κ2) is 5.76. The zero-order valence-electron chi connectivity index (χ0n) is 10.4. The van der Waals surface area contributed by atoms with E-state index in [-0.39, 0.29) is 11.3 Å². The Hall–Kier alpha value is -1.71. The lowest BCUT2D eigenvalue weighted by molar-refractivity contribution is 0.0407. The van der Waals surface area contributed by atoms with Crippen LogP contribution in [0.2, 0.25) is 0 Å². The van der Waals surface area contributed by atoms with Crippen LogP contribution in [0.4, 0.5) is 5.69 Å². The Balaban J connectivity index is 1.92. The van der Waals surface area contributed by atoms with E-state index >= 15 is 0 Å². The molecule has 3 N–H and O–H groups in total. The molecule has 2 rings (SSSR count). The van der Waals surface area contributed by atoms with Crippen LogP contribution in [0.5, 0.6) is 5.75 Å². The number of hydrogen-bond donors (Lipinski definition) is 2. The molecule has 1 aliphatic rings. The van der Waals surface area contributed by atoms with Crippen LogP contribution >= 0.6 is 0 Å². The van der Waals surface area contributed by atoms with Crippen LogP contribution < -0.4 is 5.73 Å². The Morgan fingerprint density at radius 3 is 2.78 bits per heavy atom. The van der Waals surface area contributed by atoms with E-state index < -0.39 is 5.97 Å². The number of nitrogen functional groups attached to an aromatic ring is 1. The number of carbonyl (C=O) groups is 1. The van der Waals surface area contributed by atoms with Gasteiger partial charge in [-0.25, -0.2) is 4.79 Å². The molecule has 1 aromatic rings. The maximum absolute atomic E-state index is 11.8. The molecule has 0 aromatic heterocycles. The summed E-state index contributed by atoms with van der Waals surface area (Å²) in [5.74, 6) is -0.117. The molecule has 1 fully saturated rings. The molecule has 4 heteroatoms. The second-order valence-corrected chi connectivity index (χ2v) is 4.88. The van der Waals surface area contributed by atoms with Crippen LogP contribution in [0.25, 0.3) is 0 Å². The molecule has 0 bridgehead atoms. The molecule has 4 nitrogen and oxygen atoms in total. The van der Waals surface area contributed by atoms with Crippen LogP contribution in [-0.4, -0.2) is 17.7 Å². The molecular formula is C14H19NO3. The maximum atomic E-state index is 11.8. The number of aromatic hydroxyl groups is 1. The van der Waals surface area contributed by atoms with Crippen LogP contribution in [-0.2, 0) is 4.74 Å². The third-order valence-corrected chi connectivity index (χ3v) is 3.42. The molecule has 0 aliphatic heterocycles. The molecule has 1 saturated carbocycles. The highest BCUT2D eigenvalue weighted by Gasteiger charge is 2.18. The predicted molar refractivity (Wildman–Crippen MR) is 69.4 cm³/mol. The topological polar surface area (TPSA) is 72.5 Å². The SMILES string of the molecule is Nc1ccc(O)c(C(=O)OCC2CCCCC2)c1. The molecule has 1 aliphatic carbocycles. The van der Waals surface area contributed by atoms with Crippen molar-refractivity contribution in [2.45, 2.75) is 32.1 Å². The summed E-state index contributed by atoms with van der Waals surface area (Å²) >= 11 is 0. The number of phenols is 1. The fourth-order valence-electron chi connectivity index (χ4n) is 2.34. The summed E-state index contributed by atoms with van der Waals surface area (Å²) in [6, 6.07) is 4.40. The standard InChI is InChI=1S/C14H19NO3/c15-11-6-7-13(16)12(8-11)14(17)18-9-10-4-2-1-3-5-10/h6-8,10,16H,1-5,9,15H2. The van der Waals surface area contributed by atoms with Gasteiger partial charge in [0, 0.05) is 5.69 Å². The Bertz CT molecular complexity index is 425. The predicted octanol–water partition coefficient (Wildman–Crippen LogP) is 2.71. The van der Waals surface area contributed by atoms with Gasteiger partial charge in [0.15, 0.2) is 0 Å². The molecule has 1 aromatic carbocycles. The Kier molecular flexibility index (Phi) is 4.07. The van der Waals surface area contributed by atoms with E-state index in [9.17, 15) is 9.90 Å². The Labute approximate surface area is 107 Å². The van der Waals surface area contributed by atoms with Crippen LogP contribution in [0.3, 0.4) is 0 Å². The second-order valence-electron chi connectivity index (χ2n) is 4.88. The molecule has 18 heavy (non-hydrogen) atoms. The minimum Gasteiger partial charge on any atom is -0.507 e. The van der Waals surface area contributed by atoms with Crippen LogP contribution in [0, 0.1) is 5.92 Å². The average Bonchev–Trinajstić information content (AvgIpc) is 2.40. The molecular weight excluding hydrogens is 230 g/mol. The molecule has 0 radical (unpaired) electrons. The van der Waals surface area contributed by atoms with Gasteiger partial charge in [0.05, 0.1) is 6.61 Å². The highest BCUT2D eigenvalue weighted by molar-refractivity contribution is 5.93.